The van der Waals surface area contributed by atoms with Crippen molar-refractivity contribution in [1.29, 1.82) is 0 Å². The summed E-state index contributed by atoms with van der Waals surface area (Å²) in [7, 11) is -3.81. The Kier molecular flexibility index (Phi) is 3.61. The summed E-state index contributed by atoms with van der Waals surface area (Å²) in [6, 6.07) is 1.74. The van der Waals surface area contributed by atoms with Crippen molar-refractivity contribution in [1.82, 2.24) is 9.71 Å². The van der Waals surface area contributed by atoms with E-state index >= 15 is 0 Å². The van der Waals surface area contributed by atoms with Crippen LogP contribution in [0.1, 0.15) is 12.6 Å². The third-order valence-corrected chi connectivity index (χ3v) is 3.42. The van der Waals surface area contributed by atoms with Crippen molar-refractivity contribution in [3.05, 3.63) is 24.0 Å². The zero-order valence-corrected chi connectivity index (χ0v) is 9.65. The Hall–Kier alpha value is -1.47. The molecule has 0 aliphatic carbocycles. The Labute approximate surface area is 93.4 Å². The summed E-state index contributed by atoms with van der Waals surface area (Å²) in [5.41, 5.74) is 0.685. The van der Waals surface area contributed by atoms with E-state index in [1.165, 1.54) is 19.2 Å². The van der Waals surface area contributed by atoms with Crippen LogP contribution in [0, 0.1) is 6.92 Å². The smallest absolute Gasteiger partial charge is 0.321 e. The Morgan fingerprint density at radius 3 is 2.56 bits per heavy atom. The molecule has 1 heterocycles. The van der Waals surface area contributed by atoms with Crippen molar-refractivity contribution in [2.24, 2.45) is 0 Å². The molecule has 0 radical (unpaired) electrons. The summed E-state index contributed by atoms with van der Waals surface area (Å²) in [4.78, 5) is 14.3. The van der Waals surface area contributed by atoms with Crippen molar-refractivity contribution >= 4 is 16.0 Å². The van der Waals surface area contributed by atoms with Crippen molar-refractivity contribution in [3.63, 3.8) is 0 Å². The highest BCUT2D eigenvalue weighted by Gasteiger charge is 2.21. The maximum absolute atomic E-state index is 11.6. The van der Waals surface area contributed by atoms with Gasteiger partial charge in [-0.25, -0.2) is 8.42 Å². The summed E-state index contributed by atoms with van der Waals surface area (Å²) < 4.78 is 25.3. The number of aromatic nitrogens is 1. The number of pyridine rings is 1. The predicted octanol–water partition coefficient (Wildman–Crippen LogP) is 0.141. The average molecular weight is 244 g/mol. The number of carboxylic acids is 1. The maximum Gasteiger partial charge on any atom is 0.321 e. The minimum absolute atomic E-state index is 0.0498. The van der Waals surface area contributed by atoms with Crippen LogP contribution < -0.4 is 4.72 Å². The van der Waals surface area contributed by atoms with Crippen LogP contribution in [0.3, 0.4) is 0 Å². The second kappa shape index (κ2) is 4.58. The summed E-state index contributed by atoms with van der Waals surface area (Å²) in [6.45, 7) is 2.98. The first-order valence-electron chi connectivity index (χ1n) is 4.51. The Morgan fingerprint density at radius 1 is 1.50 bits per heavy atom. The predicted molar refractivity (Wildman–Crippen MR) is 56.4 cm³/mol. The Morgan fingerprint density at radius 2 is 2.12 bits per heavy atom. The van der Waals surface area contributed by atoms with Gasteiger partial charge >= 0.3 is 5.97 Å². The molecule has 1 aromatic rings. The van der Waals surface area contributed by atoms with Crippen LogP contribution in [0.5, 0.6) is 0 Å². The number of hydrogen-bond acceptors (Lipinski definition) is 4. The lowest BCUT2D eigenvalue weighted by molar-refractivity contribution is -0.138. The average Bonchev–Trinajstić information content (AvgIpc) is 2.17. The molecule has 1 atom stereocenters. The van der Waals surface area contributed by atoms with Gasteiger partial charge in [0.15, 0.2) is 0 Å². The first-order chi connectivity index (χ1) is 7.33. The normalized spacial score (nSPS) is 13.4. The minimum atomic E-state index is -3.81. The van der Waals surface area contributed by atoms with Crippen LogP contribution in [-0.2, 0) is 14.8 Å². The molecule has 0 spiro atoms. The van der Waals surface area contributed by atoms with Gasteiger partial charge in [-0.2, -0.15) is 4.72 Å². The molecule has 6 nitrogen and oxygen atoms in total. The van der Waals surface area contributed by atoms with Crippen molar-refractivity contribution < 1.29 is 18.3 Å². The lowest BCUT2D eigenvalue weighted by Gasteiger charge is -2.09. The Bertz CT molecular complexity index is 481. The molecule has 0 fully saturated rings. The highest BCUT2D eigenvalue weighted by Crippen LogP contribution is 2.07. The SMILES string of the molecule is Cc1ccc(S(=O)(=O)N[C@H](C)C(=O)O)cn1. The van der Waals surface area contributed by atoms with Crippen LogP contribution in [0.2, 0.25) is 0 Å². The first-order valence-corrected chi connectivity index (χ1v) is 5.99. The number of rotatable bonds is 4. The lowest BCUT2D eigenvalue weighted by Crippen LogP contribution is -2.38. The van der Waals surface area contributed by atoms with E-state index in [2.05, 4.69) is 4.98 Å². The van der Waals surface area contributed by atoms with Gasteiger partial charge < -0.3 is 5.11 Å². The van der Waals surface area contributed by atoms with E-state index in [4.69, 9.17) is 5.11 Å². The third-order valence-electron chi connectivity index (χ3n) is 1.90. The van der Waals surface area contributed by atoms with Crippen LogP contribution in [-0.4, -0.2) is 30.5 Å². The van der Waals surface area contributed by atoms with E-state index in [1.807, 2.05) is 4.72 Å². The molecule has 0 aliphatic rings. The summed E-state index contributed by atoms with van der Waals surface area (Å²) in [6.07, 6.45) is 1.19. The monoisotopic (exact) mass is 244 g/mol. The largest absolute Gasteiger partial charge is 0.480 e. The maximum atomic E-state index is 11.6. The highest BCUT2D eigenvalue weighted by molar-refractivity contribution is 7.89. The van der Waals surface area contributed by atoms with Crippen LogP contribution in [0.15, 0.2) is 23.2 Å². The summed E-state index contributed by atoms with van der Waals surface area (Å²) >= 11 is 0. The highest BCUT2D eigenvalue weighted by atomic mass is 32.2. The number of carbonyl (C=O) groups is 1. The molecule has 0 aliphatic heterocycles. The standard InChI is InChI=1S/C9H12N2O4S/c1-6-3-4-8(5-10-6)16(14,15)11-7(2)9(12)13/h3-5,7,11H,1-2H3,(H,12,13)/t7-/m1/s1. The lowest BCUT2D eigenvalue weighted by atomic mass is 10.4. The molecular formula is C9H12N2O4S. The molecule has 0 amide bonds. The van der Waals surface area contributed by atoms with Gasteiger partial charge in [0.2, 0.25) is 10.0 Å². The number of nitrogens with one attached hydrogen (secondary N) is 1. The van der Waals surface area contributed by atoms with Crippen LogP contribution in [0.25, 0.3) is 0 Å². The van der Waals surface area contributed by atoms with Gasteiger partial charge in [-0.1, -0.05) is 0 Å². The second-order valence-electron chi connectivity index (χ2n) is 3.32. The third kappa shape index (κ3) is 3.01. The number of carboxylic acid groups (broad SMARTS) is 1. The number of aliphatic carboxylic acids is 1. The molecule has 16 heavy (non-hydrogen) atoms. The molecule has 0 saturated heterocycles. The Balaban J connectivity index is 2.94. The first kappa shape index (κ1) is 12.6. The quantitative estimate of drug-likeness (QED) is 0.785. The number of nitrogens with zero attached hydrogens (tertiary/aromatic N) is 1. The fourth-order valence-corrected chi connectivity index (χ4v) is 2.11. The summed E-state index contributed by atoms with van der Waals surface area (Å²) in [5, 5.41) is 8.59. The fourth-order valence-electron chi connectivity index (χ4n) is 0.964. The van der Waals surface area contributed by atoms with E-state index in [9.17, 15) is 13.2 Å². The van der Waals surface area contributed by atoms with E-state index in [-0.39, 0.29) is 4.90 Å². The minimum Gasteiger partial charge on any atom is -0.480 e. The van der Waals surface area contributed by atoms with Gasteiger partial charge in [-0.15, -0.1) is 0 Å². The number of aryl methyl sites for hydroxylation is 1. The van der Waals surface area contributed by atoms with E-state index in [0.717, 1.165) is 0 Å². The molecule has 0 unspecified atom stereocenters. The summed E-state index contributed by atoms with van der Waals surface area (Å²) in [5.74, 6) is -1.23. The molecule has 7 heteroatoms. The van der Waals surface area contributed by atoms with Gasteiger partial charge in [-0.05, 0) is 26.0 Å². The van der Waals surface area contributed by atoms with Gasteiger partial charge in [0.25, 0.3) is 0 Å². The van der Waals surface area contributed by atoms with E-state index in [1.54, 1.807) is 13.0 Å². The van der Waals surface area contributed by atoms with Gasteiger partial charge in [0, 0.05) is 11.9 Å². The van der Waals surface area contributed by atoms with Gasteiger partial charge in [0.05, 0.1) is 0 Å². The van der Waals surface area contributed by atoms with Gasteiger partial charge in [0.1, 0.15) is 10.9 Å². The topological polar surface area (TPSA) is 96.4 Å². The van der Waals surface area contributed by atoms with Crippen molar-refractivity contribution in [2.75, 3.05) is 0 Å². The van der Waals surface area contributed by atoms with E-state index in [0.29, 0.717) is 5.69 Å². The molecule has 1 aromatic heterocycles. The van der Waals surface area contributed by atoms with Crippen LogP contribution in [0.4, 0.5) is 0 Å². The zero-order chi connectivity index (χ0) is 12.3. The molecular weight excluding hydrogens is 232 g/mol. The molecule has 2 N–H and O–H groups in total. The molecule has 0 saturated carbocycles. The van der Waals surface area contributed by atoms with E-state index < -0.39 is 22.0 Å². The number of sulfonamides is 1. The molecule has 1 rings (SSSR count). The molecule has 0 bridgehead atoms. The van der Waals surface area contributed by atoms with Crippen molar-refractivity contribution in [3.8, 4) is 0 Å². The number of hydrogen-bond donors (Lipinski definition) is 2. The zero-order valence-electron chi connectivity index (χ0n) is 8.84. The van der Waals surface area contributed by atoms with Gasteiger partial charge in [-0.3, -0.25) is 9.78 Å². The second-order valence-corrected chi connectivity index (χ2v) is 5.03. The molecule has 88 valence electrons. The van der Waals surface area contributed by atoms with Crippen molar-refractivity contribution in [2.45, 2.75) is 24.8 Å². The molecule has 0 aromatic carbocycles. The fraction of sp³-hybridized carbons (Fsp3) is 0.333. The van der Waals surface area contributed by atoms with Crippen LogP contribution >= 0.6 is 0 Å².